The molecule has 0 aromatic carbocycles. The molecule has 0 amide bonds. The molecule has 56 valence electrons. The molecule has 0 saturated heterocycles. The summed E-state index contributed by atoms with van der Waals surface area (Å²) in [4.78, 5) is 0. The van der Waals surface area contributed by atoms with Crippen LogP contribution < -0.4 is 5.32 Å². The van der Waals surface area contributed by atoms with Crippen molar-refractivity contribution >= 4 is 0 Å². The van der Waals surface area contributed by atoms with Gasteiger partial charge < -0.3 is 10.4 Å². The predicted octanol–water partition coefficient (Wildman–Crippen LogP) is 0.757. The van der Waals surface area contributed by atoms with Crippen molar-refractivity contribution in [2.45, 2.75) is 32.7 Å². The Labute approximate surface area is 57.3 Å². The summed E-state index contributed by atoms with van der Waals surface area (Å²) in [7, 11) is 0. The maximum atomic E-state index is 8.42. The first-order valence-corrected chi connectivity index (χ1v) is 3.65. The summed E-state index contributed by atoms with van der Waals surface area (Å²) < 4.78 is 0. The molecule has 0 aliphatic rings. The van der Waals surface area contributed by atoms with Crippen molar-refractivity contribution < 1.29 is 5.11 Å². The first-order valence-electron chi connectivity index (χ1n) is 3.65. The number of hydrogen-bond donors (Lipinski definition) is 2. The van der Waals surface area contributed by atoms with E-state index in [9.17, 15) is 0 Å². The average Bonchev–Trinajstić information content (AvgIpc) is 1.85. The molecule has 0 aromatic heterocycles. The van der Waals surface area contributed by atoms with Crippen molar-refractivity contribution in [2.24, 2.45) is 0 Å². The molecule has 0 saturated carbocycles. The van der Waals surface area contributed by atoms with Crippen molar-refractivity contribution in [1.82, 2.24) is 5.32 Å². The van der Waals surface area contributed by atoms with Crippen LogP contribution in [0.3, 0.4) is 0 Å². The molecule has 2 N–H and O–H groups in total. The molecular weight excluding hydrogens is 114 g/mol. The molecule has 0 aliphatic carbocycles. The fourth-order valence-corrected chi connectivity index (χ4v) is 0.846. The van der Waals surface area contributed by atoms with Crippen LogP contribution in [0.5, 0.6) is 0 Å². The average molecular weight is 131 g/mol. The molecule has 0 aliphatic heterocycles. The van der Waals surface area contributed by atoms with E-state index in [0.717, 1.165) is 6.54 Å². The van der Waals surface area contributed by atoms with Gasteiger partial charge in [0.25, 0.3) is 0 Å². The van der Waals surface area contributed by atoms with Gasteiger partial charge >= 0.3 is 0 Å². The van der Waals surface area contributed by atoms with Gasteiger partial charge in [0, 0.05) is 12.6 Å². The van der Waals surface area contributed by atoms with Crippen molar-refractivity contribution in [3.8, 4) is 0 Å². The smallest absolute Gasteiger partial charge is 0.0556 e. The van der Waals surface area contributed by atoms with E-state index >= 15 is 0 Å². The van der Waals surface area contributed by atoms with Gasteiger partial charge in [0.15, 0.2) is 0 Å². The maximum Gasteiger partial charge on any atom is 0.0556 e. The molecule has 0 unspecified atom stereocenters. The largest absolute Gasteiger partial charge is 0.395 e. The Morgan fingerprint density at radius 3 is 2.67 bits per heavy atom. The van der Waals surface area contributed by atoms with Crippen LogP contribution in [0, 0.1) is 0 Å². The Morgan fingerprint density at radius 1 is 1.56 bits per heavy atom. The van der Waals surface area contributed by atoms with Crippen LogP contribution in [0.25, 0.3) is 0 Å². The van der Waals surface area contributed by atoms with Crippen LogP contribution >= 0.6 is 0 Å². The molecule has 0 fully saturated rings. The molecule has 0 heterocycles. The number of rotatable bonds is 5. The predicted molar refractivity (Wildman–Crippen MR) is 39.5 cm³/mol. The second-order valence-corrected chi connectivity index (χ2v) is 2.37. The highest BCUT2D eigenvalue weighted by atomic mass is 16.3. The van der Waals surface area contributed by atoms with Crippen LogP contribution in [0.4, 0.5) is 0 Å². The van der Waals surface area contributed by atoms with E-state index in [4.69, 9.17) is 5.11 Å². The molecule has 2 heteroatoms. The van der Waals surface area contributed by atoms with Crippen LogP contribution in [-0.2, 0) is 0 Å². The lowest BCUT2D eigenvalue weighted by Crippen LogP contribution is -2.28. The minimum absolute atomic E-state index is 0.244. The summed E-state index contributed by atoms with van der Waals surface area (Å²) in [6.07, 6.45) is 2.40. The number of aliphatic hydroxyl groups excluding tert-OH is 1. The lowest BCUT2D eigenvalue weighted by Gasteiger charge is -2.10. The molecule has 0 bridgehead atoms. The highest BCUT2D eigenvalue weighted by molar-refractivity contribution is 4.57. The third-order valence-corrected chi connectivity index (χ3v) is 1.33. The minimum Gasteiger partial charge on any atom is -0.395 e. The van der Waals surface area contributed by atoms with Crippen molar-refractivity contribution in [1.29, 1.82) is 0 Å². The third kappa shape index (κ3) is 5.80. The van der Waals surface area contributed by atoms with Crippen LogP contribution in [-0.4, -0.2) is 24.3 Å². The van der Waals surface area contributed by atoms with Crippen molar-refractivity contribution in [3.05, 3.63) is 0 Å². The van der Waals surface area contributed by atoms with Gasteiger partial charge in [-0.05, 0) is 13.3 Å². The molecular formula is C7H17NO. The van der Waals surface area contributed by atoms with Gasteiger partial charge in [-0.1, -0.05) is 13.3 Å². The summed E-state index contributed by atoms with van der Waals surface area (Å²) in [6, 6.07) is 0.558. The summed E-state index contributed by atoms with van der Waals surface area (Å²) >= 11 is 0. The Balaban J connectivity index is 2.95. The van der Waals surface area contributed by atoms with Gasteiger partial charge in [0.05, 0.1) is 6.61 Å². The molecule has 0 spiro atoms. The molecule has 2 nitrogen and oxygen atoms in total. The van der Waals surface area contributed by atoms with Gasteiger partial charge in [-0.25, -0.2) is 0 Å². The van der Waals surface area contributed by atoms with Crippen molar-refractivity contribution in [3.63, 3.8) is 0 Å². The number of nitrogens with one attached hydrogen (secondary N) is 1. The Bertz CT molecular complexity index is 56.9. The van der Waals surface area contributed by atoms with E-state index in [-0.39, 0.29) is 6.61 Å². The van der Waals surface area contributed by atoms with E-state index in [0.29, 0.717) is 6.04 Å². The van der Waals surface area contributed by atoms with E-state index < -0.39 is 0 Å². The van der Waals surface area contributed by atoms with Crippen LogP contribution in [0.2, 0.25) is 0 Å². The fraction of sp³-hybridized carbons (Fsp3) is 1.00. The number of aliphatic hydroxyl groups is 1. The molecule has 1 atom stereocenters. The zero-order chi connectivity index (χ0) is 7.11. The normalized spacial score (nSPS) is 13.7. The quantitative estimate of drug-likeness (QED) is 0.577. The Hall–Kier alpha value is -0.0800. The van der Waals surface area contributed by atoms with E-state index in [1.807, 2.05) is 0 Å². The monoisotopic (exact) mass is 131 g/mol. The topological polar surface area (TPSA) is 32.3 Å². The summed E-state index contributed by atoms with van der Waals surface area (Å²) in [5.74, 6) is 0. The fourth-order valence-electron chi connectivity index (χ4n) is 0.846. The molecule has 9 heavy (non-hydrogen) atoms. The van der Waals surface area contributed by atoms with E-state index in [2.05, 4.69) is 19.2 Å². The highest BCUT2D eigenvalue weighted by Gasteiger charge is 1.95. The minimum atomic E-state index is 0.244. The zero-order valence-electron chi connectivity index (χ0n) is 6.35. The third-order valence-electron chi connectivity index (χ3n) is 1.33. The lowest BCUT2D eigenvalue weighted by molar-refractivity contribution is 0.284. The Morgan fingerprint density at radius 2 is 2.22 bits per heavy atom. The zero-order valence-corrected chi connectivity index (χ0v) is 6.35. The standard InChI is InChI=1S/C7H17NO/c1-3-4-7(2)8-5-6-9/h7-9H,3-6H2,1-2H3/t7-/m0/s1. The van der Waals surface area contributed by atoms with Gasteiger partial charge in [-0.15, -0.1) is 0 Å². The van der Waals surface area contributed by atoms with E-state index in [1.54, 1.807) is 0 Å². The molecule has 0 rings (SSSR count). The van der Waals surface area contributed by atoms with Gasteiger partial charge in [0.1, 0.15) is 0 Å². The second kappa shape index (κ2) is 6.05. The van der Waals surface area contributed by atoms with Gasteiger partial charge in [-0.3, -0.25) is 0 Å². The van der Waals surface area contributed by atoms with Gasteiger partial charge in [-0.2, -0.15) is 0 Å². The lowest BCUT2D eigenvalue weighted by atomic mass is 10.2. The second-order valence-electron chi connectivity index (χ2n) is 2.37. The summed E-state index contributed by atoms with van der Waals surface area (Å²) in [6.45, 7) is 5.27. The summed E-state index contributed by atoms with van der Waals surface area (Å²) in [5, 5.41) is 11.6. The van der Waals surface area contributed by atoms with E-state index in [1.165, 1.54) is 12.8 Å². The maximum absolute atomic E-state index is 8.42. The van der Waals surface area contributed by atoms with Gasteiger partial charge in [0.2, 0.25) is 0 Å². The van der Waals surface area contributed by atoms with Crippen LogP contribution in [0.15, 0.2) is 0 Å². The number of hydrogen-bond acceptors (Lipinski definition) is 2. The Kier molecular flexibility index (Phi) is 5.99. The highest BCUT2D eigenvalue weighted by Crippen LogP contribution is 1.92. The van der Waals surface area contributed by atoms with Crippen molar-refractivity contribution in [2.75, 3.05) is 13.2 Å². The molecule has 0 radical (unpaired) electrons. The van der Waals surface area contributed by atoms with Crippen LogP contribution in [0.1, 0.15) is 26.7 Å². The molecule has 0 aromatic rings. The first-order chi connectivity index (χ1) is 4.31. The SMILES string of the molecule is CCC[C@H](C)NCCO. The first kappa shape index (κ1) is 8.92. The summed E-state index contributed by atoms with van der Waals surface area (Å²) in [5.41, 5.74) is 0.